The first kappa shape index (κ1) is 40.0. The van der Waals surface area contributed by atoms with Gasteiger partial charge in [0.1, 0.15) is 24.4 Å². The van der Waals surface area contributed by atoms with Gasteiger partial charge >= 0.3 is 11.9 Å². The number of unbranched alkanes of at least 4 members (excludes halogenated alkanes) is 3. The van der Waals surface area contributed by atoms with Gasteiger partial charge in [0.2, 0.25) is 23.6 Å². The topological polar surface area (TPSA) is 247 Å². The van der Waals surface area contributed by atoms with E-state index in [0.717, 1.165) is 12.2 Å². The number of amides is 5. The molecule has 0 saturated carbocycles. The minimum atomic E-state index is -1.38. The minimum Gasteiger partial charge on any atom is -0.508 e. The lowest BCUT2D eigenvalue weighted by molar-refractivity contribution is -0.147. The van der Waals surface area contributed by atoms with E-state index in [1.54, 1.807) is 19.1 Å². The maximum absolute atomic E-state index is 13.1. The third-order valence-corrected chi connectivity index (χ3v) is 6.50. The molecule has 1 aromatic carbocycles. The molecule has 16 heteroatoms. The molecular weight excluding hydrogens is 616 g/mol. The molecule has 5 amide bonds. The van der Waals surface area contributed by atoms with Gasteiger partial charge < -0.3 is 36.6 Å². The smallest absolute Gasteiger partial charge is 0.330 e. The quantitative estimate of drug-likeness (QED) is 0.0393. The van der Waals surface area contributed by atoms with Crippen LogP contribution in [0.1, 0.15) is 64.4 Å². The summed E-state index contributed by atoms with van der Waals surface area (Å²) in [5.41, 5.74) is 8.44. The highest BCUT2D eigenvalue weighted by Crippen LogP contribution is 2.12. The maximum Gasteiger partial charge on any atom is 0.330 e. The number of hydrogen-bond acceptors (Lipinski definition) is 10. The summed E-state index contributed by atoms with van der Waals surface area (Å²) in [5.74, 6) is -5.05. The number of nitrogens with one attached hydrogen (secondary N) is 4. The van der Waals surface area contributed by atoms with Crippen molar-refractivity contribution >= 4 is 41.5 Å². The molecule has 1 aromatic rings. The highest BCUT2D eigenvalue weighted by atomic mass is 16.5. The van der Waals surface area contributed by atoms with Crippen LogP contribution in [-0.4, -0.2) is 95.0 Å². The first-order valence-corrected chi connectivity index (χ1v) is 15.4. The summed E-state index contributed by atoms with van der Waals surface area (Å²) in [4.78, 5) is 85.0. The van der Waals surface area contributed by atoms with Crippen LogP contribution in [0.25, 0.3) is 0 Å². The Balaban J connectivity index is 2.70. The first-order chi connectivity index (χ1) is 22.4. The predicted octanol–water partition coefficient (Wildman–Crippen LogP) is -0.206. The Kier molecular flexibility index (Phi) is 19.2. The molecule has 8 N–H and O–H groups in total. The number of carbonyl (C=O) groups is 7. The molecule has 0 radical (unpaired) electrons. The van der Waals surface area contributed by atoms with E-state index in [1.807, 2.05) is 0 Å². The minimum absolute atomic E-state index is 0.0464. The second-order valence-corrected chi connectivity index (χ2v) is 10.5. The molecule has 16 nitrogen and oxygen atoms in total. The number of phenolic OH excluding ortho intramolecular Hbond substituents is 1. The lowest BCUT2D eigenvalue weighted by Gasteiger charge is -2.23. The van der Waals surface area contributed by atoms with Crippen molar-refractivity contribution in [3.05, 3.63) is 42.0 Å². The Morgan fingerprint density at radius 3 is 2.23 bits per heavy atom. The van der Waals surface area contributed by atoms with Crippen LogP contribution in [-0.2, 0) is 44.7 Å². The summed E-state index contributed by atoms with van der Waals surface area (Å²) in [7, 11) is 0. The molecule has 0 spiro atoms. The lowest BCUT2D eigenvalue weighted by atomic mass is 10.0. The van der Waals surface area contributed by atoms with Gasteiger partial charge in [0.25, 0.3) is 5.91 Å². The van der Waals surface area contributed by atoms with Crippen LogP contribution in [0, 0.1) is 0 Å². The molecule has 0 heterocycles. The van der Waals surface area contributed by atoms with Crippen molar-refractivity contribution in [1.82, 2.24) is 26.4 Å². The fourth-order valence-electron chi connectivity index (χ4n) is 4.21. The SMILES string of the molecule is CCOC(=O)/C=C\C(=O)N(CC(=O)O)NC(=O)CCCCCNC(=O)[C@H](Cc1ccc(O)cc1)NC(=O)[C@H](CCCCN)NC(C)=O. The van der Waals surface area contributed by atoms with Crippen LogP contribution < -0.4 is 27.1 Å². The summed E-state index contributed by atoms with van der Waals surface area (Å²) in [6, 6.07) is 4.34. The van der Waals surface area contributed by atoms with Gasteiger partial charge in [-0.3, -0.25) is 34.2 Å². The average Bonchev–Trinajstić information content (AvgIpc) is 3.01. The number of carboxylic acids is 1. The summed E-state index contributed by atoms with van der Waals surface area (Å²) >= 11 is 0. The van der Waals surface area contributed by atoms with Gasteiger partial charge in [-0.15, -0.1) is 0 Å². The van der Waals surface area contributed by atoms with E-state index in [9.17, 15) is 38.7 Å². The van der Waals surface area contributed by atoms with E-state index in [-0.39, 0.29) is 31.7 Å². The zero-order valence-electron chi connectivity index (χ0n) is 26.8. The van der Waals surface area contributed by atoms with Crippen LogP contribution in [0.4, 0.5) is 0 Å². The largest absolute Gasteiger partial charge is 0.508 e. The maximum atomic E-state index is 13.1. The molecule has 0 aliphatic heterocycles. The first-order valence-electron chi connectivity index (χ1n) is 15.4. The zero-order valence-corrected chi connectivity index (χ0v) is 26.8. The third-order valence-electron chi connectivity index (χ3n) is 6.50. The number of aromatic hydroxyl groups is 1. The van der Waals surface area contributed by atoms with Crippen LogP contribution in [0.5, 0.6) is 5.75 Å². The number of hydrazine groups is 1. The van der Waals surface area contributed by atoms with E-state index in [2.05, 4.69) is 26.1 Å². The van der Waals surface area contributed by atoms with Gasteiger partial charge in [-0.25, -0.2) is 9.80 Å². The molecule has 260 valence electrons. The lowest BCUT2D eigenvalue weighted by Crippen LogP contribution is -2.54. The predicted molar refractivity (Wildman–Crippen MR) is 169 cm³/mol. The summed E-state index contributed by atoms with van der Waals surface area (Å²) in [6.07, 6.45) is 4.60. The molecule has 0 aliphatic rings. The van der Waals surface area contributed by atoms with E-state index < -0.39 is 60.1 Å². The molecule has 0 unspecified atom stereocenters. The number of nitrogens with zero attached hydrogens (tertiary/aromatic N) is 1. The number of phenols is 1. The van der Waals surface area contributed by atoms with E-state index in [4.69, 9.17) is 10.8 Å². The molecule has 47 heavy (non-hydrogen) atoms. The van der Waals surface area contributed by atoms with E-state index in [0.29, 0.717) is 55.6 Å². The third kappa shape index (κ3) is 17.9. The Bertz CT molecular complexity index is 1240. The number of esters is 1. The fraction of sp³-hybridized carbons (Fsp3) is 0.516. The van der Waals surface area contributed by atoms with Crippen molar-refractivity contribution in [1.29, 1.82) is 0 Å². The van der Waals surface area contributed by atoms with Crippen LogP contribution >= 0.6 is 0 Å². The van der Waals surface area contributed by atoms with Crippen molar-refractivity contribution in [2.45, 2.75) is 77.3 Å². The van der Waals surface area contributed by atoms with E-state index >= 15 is 0 Å². The normalized spacial score (nSPS) is 12.0. The van der Waals surface area contributed by atoms with Crippen molar-refractivity contribution < 1.29 is 48.5 Å². The monoisotopic (exact) mass is 662 g/mol. The Morgan fingerprint density at radius 2 is 1.62 bits per heavy atom. The average molecular weight is 663 g/mol. The second-order valence-electron chi connectivity index (χ2n) is 10.5. The molecule has 2 atom stereocenters. The Hall–Kier alpha value is -4.99. The molecule has 0 bridgehead atoms. The van der Waals surface area contributed by atoms with Crippen molar-refractivity contribution in [2.75, 3.05) is 26.2 Å². The van der Waals surface area contributed by atoms with Crippen LogP contribution in [0.3, 0.4) is 0 Å². The Labute approximate surface area is 273 Å². The molecule has 0 aromatic heterocycles. The van der Waals surface area contributed by atoms with Gasteiger partial charge in [-0.2, -0.15) is 0 Å². The molecular formula is C31H46N6O10. The zero-order chi connectivity index (χ0) is 35.2. The van der Waals surface area contributed by atoms with Crippen molar-refractivity contribution in [3.8, 4) is 5.75 Å². The number of carboxylic acid groups (broad SMARTS) is 1. The summed E-state index contributed by atoms with van der Waals surface area (Å²) in [5, 5.41) is 27.3. The molecule has 1 rings (SSSR count). The number of benzene rings is 1. The fourth-order valence-corrected chi connectivity index (χ4v) is 4.21. The molecule has 0 saturated heterocycles. The number of hydrogen-bond donors (Lipinski definition) is 7. The van der Waals surface area contributed by atoms with Gasteiger partial charge in [0.15, 0.2) is 0 Å². The highest BCUT2D eigenvalue weighted by Gasteiger charge is 2.26. The number of ether oxygens (including phenoxy) is 1. The van der Waals surface area contributed by atoms with Crippen LogP contribution in [0.15, 0.2) is 36.4 Å². The number of nitrogens with two attached hydrogens (primary N) is 1. The standard InChI is InChI=1S/C31H46N6O10/c1-3-47-29(44)16-15-27(41)37(20-28(42)43)36-26(40)10-5-4-8-18-33-30(45)25(19-22-11-13-23(39)14-12-22)35-31(46)24(34-21(2)38)9-6-7-17-32/h11-16,24-25,39H,3-10,17-20,32H2,1-2H3,(H,33,45)(H,34,38)(H,35,46)(H,36,40)(H,42,43)/b16-15-/t24-,25-/m0/s1. The molecule has 0 fully saturated rings. The van der Waals surface area contributed by atoms with Crippen molar-refractivity contribution in [2.24, 2.45) is 5.73 Å². The summed E-state index contributed by atoms with van der Waals surface area (Å²) < 4.78 is 4.66. The molecule has 0 aliphatic carbocycles. The van der Waals surface area contributed by atoms with Crippen molar-refractivity contribution in [3.63, 3.8) is 0 Å². The Morgan fingerprint density at radius 1 is 0.915 bits per heavy atom. The second kappa shape index (κ2) is 22.5. The van der Waals surface area contributed by atoms with Gasteiger partial charge in [-0.1, -0.05) is 18.6 Å². The van der Waals surface area contributed by atoms with E-state index in [1.165, 1.54) is 19.1 Å². The number of rotatable bonds is 21. The van der Waals surface area contributed by atoms with Gasteiger partial charge in [0, 0.05) is 38.5 Å². The van der Waals surface area contributed by atoms with Gasteiger partial charge in [0.05, 0.1) is 6.61 Å². The van der Waals surface area contributed by atoms with Crippen LogP contribution in [0.2, 0.25) is 0 Å². The number of carbonyl (C=O) groups excluding carboxylic acids is 6. The highest BCUT2D eigenvalue weighted by molar-refractivity contribution is 5.96. The van der Waals surface area contributed by atoms with Gasteiger partial charge in [-0.05, 0) is 63.3 Å². The summed E-state index contributed by atoms with van der Waals surface area (Å²) in [6.45, 7) is 2.79. The number of aliphatic carboxylic acids is 1.